The Kier molecular flexibility index (Phi) is 3.23. The lowest BCUT2D eigenvalue weighted by Crippen LogP contribution is -2.00. The van der Waals surface area contributed by atoms with Crippen molar-refractivity contribution in [3.05, 3.63) is 50.7 Å². The topological polar surface area (TPSA) is 33.1 Å². The first-order valence-electron chi connectivity index (χ1n) is 4.63. The summed E-state index contributed by atoms with van der Waals surface area (Å²) in [5, 5.41) is 11.1. The molecular formula is C11H9ClFNOS. The van der Waals surface area contributed by atoms with Crippen LogP contribution < -0.4 is 0 Å². The van der Waals surface area contributed by atoms with Crippen LogP contribution >= 0.6 is 22.9 Å². The van der Waals surface area contributed by atoms with Crippen LogP contribution in [0.25, 0.3) is 0 Å². The molecule has 0 saturated heterocycles. The fourth-order valence-electron chi connectivity index (χ4n) is 1.38. The second-order valence-corrected chi connectivity index (χ2v) is 5.05. The van der Waals surface area contributed by atoms with Gasteiger partial charge in [0.05, 0.1) is 9.88 Å². The number of aliphatic hydroxyl groups is 1. The Labute approximate surface area is 101 Å². The van der Waals surface area contributed by atoms with Gasteiger partial charge in [-0.2, -0.15) is 0 Å². The molecule has 0 bridgehead atoms. The molecule has 2 rings (SSSR count). The van der Waals surface area contributed by atoms with Gasteiger partial charge in [-0.15, -0.1) is 11.3 Å². The average Bonchev–Trinajstić information content (AvgIpc) is 2.64. The van der Waals surface area contributed by atoms with Crippen molar-refractivity contribution in [2.45, 2.75) is 13.0 Å². The number of halogens is 2. The van der Waals surface area contributed by atoms with Gasteiger partial charge in [-0.25, -0.2) is 9.37 Å². The molecule has 2 aromatic rings. The highest BCUT2D eigenvalue weighted by atomic mass is 35.5. The lowest BCUT2D eigenvalue weighted by Gasteiger charge is -2.09. The molecule has 5 heteroatoms. The summed E-state index contributed by atoms with van der Waals surface area (Å²) in [5.74, 6) is -0.508. The van der Waals surface area contributed by atoms with Crippen LogP contribution in [0.5, 0.6) is 0 Å². The summed E-state index contributed by atoms with van der Waals surface area (Å²) in [6, 6.07) is 4.22. The van der Waals surface area contributed by atoms with Gasteiger partial charge in [0.25, 0.3) is 0 Å². The summed E-state index contributed by atoms with van der Waals surface area (Å²) in [6.07, 6.45) is 0.571. The van der Waals surface area contributed by atoms with Crippen molar-refractivity contribution in [1.82, 2.24) is 4.98 Å². The second kappa shape index (κ2) is 4.49. The first kappa shape index (κ1) is 11.5. The Bertz CT molecular complexity index is 514. The van der Waals surface area contributed by atoms with Gasteiger partial charge in [0.2, 0.25) is 0 Å². The van der Waals surface area contributed by atoms with Gasteiger partial charge in [-0.05, 0) is 19.1 Å². The first-order valence-corrected chi connectivity index (χ1v) is 5.82. The van der Waals surface area contributed by atoms with Crippen molar-refractivity contribution in [3.8, 4) is 0 Å². The van der Waals surface area contributed by atoms with Crippen molar-refractivity contribution in [1.29, 1.82) is 0 Å². The van der Waals surface area contributed by atoms with Crippen molar-refractivity contribution < 1.29 is 9.50 Å². The molecule has 0 spiro atoms. The zero-order valence-electron chi connectivity index (χ0n) is 8.45. The molecule has 0 aliphatic carbocycles. The Hall–Kier alpha value is -0.970. The minimum absolute atomic E-state index is 0.216. The predicted octanol–water partition coefficient (Wildman–Crippen LogP) is 3.33. The van der Waals surface area contributed by atoms with Crippen LogP contribution in [-0.4, -0.2) is 10.1 Å². The number of thiazole rings is 1. The van der Waals surface area contributed by atoms with Crippen molar-refractivity contribution >= 4 is 22.9 Å². The molecule has 1 unspecified atom stereocenters. The largest absolute Gasteiger partial charge is 0.383 e. The molecule has 0 radical (unpaired) electrons. The molecule has 16 heavy (non-hydrogen) atoms. The highest BCUT2D eigenvalue weighted by Crippen LogP contribution is 2.29. The Morgan fingerprint density at radius 2 is 2.25 bits per heavy atom. The molecular weight excluding hydrogens is 249 g/mol. The van der Waals surface area contributed by atoms with E-state index in [2.05, 4.69) is 4.98 Å². The standard InChI is InChI=1S/C11H9ClFNOS/c1-6-14-5-10(16-6)11(15)8-3-2-7(12)4-9(8)13/h2-5,11,15H,1H3. The Morgan fingerprint density at radius 3 is 2.81 bits per heavy atom. The number of nitrogens with zero attached hydrogens (tertiary/aromatic N) is 1. The van der Waals surface area contributed by atoms with Crippen LogP contribution in [0.3, 0.4) is 0 Å². The van der Waals surface area contributed by atoms with Gasteiger partial charge in [-0.3, -0.25) is 0 Å². The van der Waals surface area contributed by atoms with Gasteiger partial charge in [0.15, 0.2) is 0 Å². The summed E-state index contributed by atoms with van der Waals surface area (Å²) in [7, 11) is 0. The molecule has 0 fully saturated rings. The van der Waals surface area contributed by atoms with E-state index >= 15 is 0 Å². The number of rotatable bonds is 2. The minimum Gasteiger partial charge on any atom is -0.383 e. The SMILES string of the molecule is Cc1ncc(C(O)c2ccc(Cl)cc2F)s1. The van der Waals surface area contributed by atoms with Gasteiger partial charge < -0.3 is 5.11 Å². The highest BCUT2D eigenvalue weighted by Gasteiger charge is 2.17. The summed E-state index contributed by atoms with van der Waals surface area (Å²) < 4.78 is 13.5. The summed E-state index contributed by atoms with van der Waals surface area (Å²) in [5.41, 5.74) is 0.216. The fraction of sp³-hybridized carbons (Fsp3) is 0.182. The van der Waals surface area contributed by atoms with Crippen LogP contribution in [0, 0.1) is 12.7 Å². The molecule has 2 nitrogen and oxygen atoms in total. The van der Waals surface area contributed by atoms with Crippen molar-refractivity contribution in [3.63, 3.8) is 0 Å². The third-order valence-electron chi connectivity index (χ3n) is 2.17. The number of aryl methyl sites for hydroxylation is 1. The van der Waals surface area contributed by atoms with Crippen LogP contribution in [0.1, 0.15) is 21.6 Å². The predicted molar refractivity (Wildman–Crippen MR) is 62.3 cm³/mol. The summed E-state index contributed by atoms with van der Waals surface area (Å²) >= 11 is 6.98. The lowest BCUT2D eigenvalue weighted by atomic mass is 10.1. The van der Waals surface area contributed by atoms with E-state index in [0.29, 0.717) is 9.90 Å². The van der Waals surface area contributed by atoms with Crippen LogP contribution in [0.4, 0.5) is 4.39 Å². The summed E-state index contributed by atoms with van der Waals surface area (Å²) in [6.45, 7) is 1.83. The van der Waals surface area contributed by atoms with E-state index in [0.717, 1.165) is 5.01 Å². The monoisotopic (exact) mass is 257 g/mol. The Morgan fingerprint density at radius 1 is 1.50 bits per heavy atom. The van der Waals surface area contributed by atoms with Gasteiger partial charge in [0, 0.05) is 16.8 Å². The van der Waals surface area contributed by atoms with Crippen LogP contribution in [0.2, 0.25) is 5.02 Å². The molecule has 0 amide bonds. The smallest absolute Gasteiger partial charge is 0.130 e. The molecule has 0 saturated carbocycles. The van der Waals surface area contributed by atoms with E-state index in [1.54, 1.807) is 12.3 Å². The molecule has 1 aromatic carbocycles. The highest BCUT2D eigenvalue weighted by molar-refractivity contribution is 7.11. The van der Waals surface area contributed by atoms with Crippen molar-refractivity contribution in [2.75, 3.05) is 0 Å². The van der Waals surface area contributed by atoms with Gasteiger partial charge >= 0.3 is 0 Å². The third kappa shape index (κ3) is 2.24. The van der Waals surface area contributed by atoms with Gasteiger partial charge in [0.1, 0.15) is 11.9 Å². The third-order valence-corrected chi connectivity index (χ3v) is 3.37. The number of benzene rings is 1. The van der Waals surface area contributed by atoms with E-state index in [4.69, 9.17) is 11.6 Å². The number of aromatic nitrogens is 1. The maximum Gasteiger partial charge on any atom is 0.130 e. The molecule has 0 aliphatic heterocycles. The second-order valence-electron chi connectivity index (χ2n) is 3.35. The number of aliphatic hydroxyl groups excluding tert-OH is 1. The van der Waals surface area contributed by atoms with Crippen molar-refractivity contribution in [2.24, 2.45) is 0 Å². The number of hydrogen-bond donors (Lipinski definition) is 1. The van der Waals surface area contributed by atoms with E-state index in [1.165, 1.54) is 23.5 Å². The normalized spacial score (nSPS) is 12.8. The minimum atomic E-state index is -0.983. The molecule has 1 atom stereocenters. The van der Waals surface area contributed by atoms with E-state index in [1.807, 2.05) is 6.92 Å². The van der Waals surface area contributed by atoms with E-state index in [-0.39, 0.29) is 5.56 Å². The van der Waals surface area contributed by atoms with Crippen LogP contribution in [0.15, 0.2) is 24.4 Å². The molecule has 1 aromatic heterocycles. The van der Waals surface area contributed by atoms with Gasteiger partial charge in [-0.1, -0.05) is 17.7 Å². The molecule has 0 aliphatic rings. The fourth-order valence-corrected chi connectivity index (χ4v) is 2.33. The Balaban J connectivity index is 2.37. The lowest BCUT2D eigenvalue weighted by molar-refractivity contribution is 0.218. The number of hydrogen-bond acceptors (Lipinski definition) is 3. The summed E-state index contributed by atoms with van der Waals surface area (Å²) in [4.78, 5) is 4.64. The van der Waals surface area contributed by atoms with E-state index < -0.39 is 11.9 Å². The zero-order chi connectivity index (χ0) is 11.7. The maximum absolute atomic E-state index is 13.5. The zero-order valence-corrected chi connectivity index (χ0v) is 10.0. The van der Waals surface area contributed by atoms with Crippen LogP contribution in [-0.2, 0) is 0 Å². The first-order chi connectivity index (χ1) is 7.58. The average molecular weight is 258 g/mol. The molecule has 1 N–H and O–H groups in total. The molecule has 84 valence electrons. The quantitative estimate of drug-likeness (QED) is 0.895. The maximum atomic E-state index is 13.5. The van der Waals surface area contributed by atoms with E-state index in [9.17, 15) is 9.50 Å². The molecule has 1 heterocycles.